The van der Waals surface area contributed by atoms with Gasteiger partial charge in [-0.25, -0.2) is 4.79 Å². The van der Waals surface area contributed by atoms with Gasteiger partial charge in [-0.15, -0.1) is 5.11 Å². The van der Waals surface area contributed by atoms with Crippen LogP contribution < -0.4 is 0 Å². The number of carboxylic acid groups (broad SMARTS) is 1. The molecule has 0 saturated heterocycles. The van der Waals surface area contributed by atoms with Crippen LogP contribution in [0.25, 0.3) is 0 Å². The summed E-state index contributed by atoms with van der Waals surface area (Å²) in [6, 6.07) is 0. The van der Waals surface area contributed by atoms with Crippen molar-refractivity contribution in [1.29, 1.82) is 0 Å². The third kappa shape index (κ3) is 2.56. The lowest BCUT2D eigenvalue weighted by molar-refractivity contribution is 0.0612. The van der Waals surface area contributed by atoms with E-state index >= 15 is 0 Å². The largest absolute Gasteiger partial charge is 0.468 e. The molecule has 0 saturated carbocycles. The Balaban J connectivity index is 2.88. The second-order valence-corrected chi connectivity index (χ2v) is 3.07. The molecule has 0 aromatic carbocycles. The molecule has 1 atom stereocenters. The molecule has 0 aromatic rings. The van der Waals surface area contributed by atoms with E-state index < -0.39 is 11.8 Å². The predicted molar refractivity (Wildman–Crippen MR) is 50.1 cm³/mol. The van der Waals surface area contributed by atoms with E-state index in [1.807, 2.05) is 0 Å². The molecule has 1 aliphatic rings. The van der Waals surface area contributed by atoms with Crippen molar-refractivity contribution in [2.24, 2.45) is 10.2 Å². The van der Waals surface area contributed by atoms with E-state index in [4.69, 9.17) is 21.4 Å². The lowest BCUT2D eigenvalue weighted by Crippen LogP contribution is -2.26. The third-order valence-corrected chi connectivity index (χ3v) is 1.91. The van der Waals surface area contributed by atoms with Gasteiger partial charge in [0.25, 0.3) is 0 Å². The average Bonchev–Trinajstić information content (AvgIpc) is 2.15. The first kappa shape index (κ1) is 10.7. The van der Waals surface area contributed by atoms with Crippen LogP contribution in [0.3, 0.4) is 0 Å². The molecule has 0 fully saturated rings. The van der Waals surface area contributed by atoms with E-state index in [1.165, 1.54) is 12.3 Å². The maximum atomic E-state index is 10.2. The summed E-state index contributed by atoms with van der Waals surface area (Å²) in [5.74, 6) is 0. The van der Waals surface area contributed by atoms with Gasteiger partial charge < -0.3 is 9.84 Å². The Morgan fingerprint density at radius 1 is 1.79 bits per heavy atom. The van der Waals surface area contributed by atoms with Gasteiger partial charge in [0.1, 0.15) is 0 Å². The molecule has 14 heavy (non-hydrogen) atoms. The van der Waals surface area contributed by atoms with Crippen LogP contribution in [0.5, 0.6) is 0 Å². The summed E-state index contributed by atoms with van der Waals surface area (Å²) in [6.45, 7) is 1.79. The number of hydrogen-bond donors (Lipinski definition) is 1. The highest BCUT2D eigenvalue weighted by molar-refractivity contribution is 6.31. The first-order valence-corrected chi connectivity index (χ1v) is 4.34. The van der Waals surface area contributed by atoms with Crippen LogP contribution in [-0.2, 0) is 4.74 Å². The smallest absolute Gasteiger partial charge is 0.449 e. The van der Waals surface area contributed by atoms with E-state index in [-0.39, 0.29) is 0 Å². The zero-order valence-electron chi connectivity index (χ0n) is 7.48. The van der Waals surface area contributed by atoms with Gasteiger partial charge in [0.2, 0.25) is 5.72 Å². The minimum absolute atomic E-state index is 0.447. The molecule has 0 aliphatic carbocycles. The molecule has 76 valence electrons. The van der Waals surface area contributed by atoms with Crippen LogP contribution >= 0.6 is 11.6 Å². The Kier molecular flexibility index (Phi) is 3.24. The number of carbonyl (C=O) groups is 1. The molecular formula is C8H9ClN2O3. The standard InChI is InChI=1S/C8H9ClN2O3/c1-2-8(11-10-7(12)13)5-6(9)3-4-14-8/h3-5H,2H2,1H3,(H,12,13). The Morgan fingerprint density at radius 3 is 3.00 bits per heavy atom. The van der Waals surface area contributed by atoms with Gasteiger partial charge in [-0.2, -0.15) is 0 Å². The molecule has 5 nitrogen and oxygen atoms in total. The molecule has 1 unspecified atom stereocenters. The van der Waals surface area contributed by atoms with E-state index in [0.717, 1.165) is 0 Å². The molecule has 0 bridgehead atoms. The highest BCUT2D eigenvalue weighted by Crippen LogP contribution is 2.27. The molecule has 0 aromatic heterocycles. The zero-order valence-corrected chi connectivity index (χ0v) is 8.23. The number of nitrogens with zero attached hydrogens (tertiary/aromatic N) is 2. The van der Waals surface area contributed by atoms with Crippen LogP contribution in [0.4, 0.5) is 4.79 Å². The molecular weight excluding hydrogens is 208 g/mol. The van der Waals surface area contributed by atoms with Gasteiger partial charge in [0.05, 0.1) is 6.26 Å². The van der Waals surface area contributed by atoms with Gasteiger partial charge in [0.15, 0.2) is 0 Å². The van der Waals surface area contributed by atoms with E-state index in [9.17, 15) is 4.79 Å². The minimum Gasteiger partial charge on any atom is -0.468 e. The van der Waals surface area contributed by atoms with Gasteiger partial charge in [0, 0.05) is 17.5 Å². The lowest BCUT2D eigenvalue weighted by atomic mass is 10.1. The summed E-state index contributed by atoms with van der Waals surface area (Å²) in [4.78, 5) is 10.2. The maximum absolute atomic E-state index is 10.2. The van der Waals surface area contributed by atoms with Crippen LogP contribution in [0.1, 0.15) is 13.3 Å². The van der Waals surface area contributed by atoms with Crippen LogP contribution in [-0.4, -0.2) is 16.9 Å². The van der Waals surface area contributed by atoms with Crippen LogP contribution in [0.15, 0.2) is 33.7 Å². The van der Waals surface area contributed by atoms with Gasteiger partial charge in [-0.05, 0) is 6.08 Å². The van der Waals surface area contributed by atoms with Crippen molar-refractivity contribution in [3.8, 4) is 0 Å². The van der Waals surface area contributed by atoms with E-state index in [2.05, 4.69) is 10.2 Å². The summed E-state index contributed by atoms with van der Waals surface area (Å²) >= 11 is 5.74. The van der Waals surface area contributed by atoms with Crippen molar-refractivity contribution in [3.05, 3.63) is 23.4 Å². The molecule has 1 heterocycles. The molecule has 1 amide bonds. The van der Waals surface area contributed by atoms with Crippen LogP contribution in [0, 0.1) is 0 Å². The SMILES string of the molecule is CCC1(N=NC(=O)O)C=C(Cl)C=CO1. The number of allylic oxidation sites excluding steroid dienone is 2. The number of halogens is 1. The summed E-state index contributed by atoms with van der Waals surface area (Å²) in [5, 5.41) is 15.4. The lowest BCUT2D eigenvalue weighted by Gasteiger charge is -2.25. The normalized spacial score (nSPS) is 26.0. The Labute approximate surface area is 85.7 Å². The monoisotopic (exact) mass is 216 g/mol. The fourth-order valence-corrected chi connectivity index (χ4v) is 1.17. The van der Waals surface area contributed by atoms with Crippen molar-refractivity contribution in [3.63, 3.8) is 0 Å². The highest BCUT2D eigenvalue weighted by atomic mass is 35.5. The van der Waals surface area contributed by atoms with E-state index in [1.54, 1.807) is 13.0 Å². The predicted octanol–water partition coefficient (Wildman–Crippen LogP) is 2.89. The number of ether oxygens (including phenoxy) is 1. The first-order valence-electron chi connectivity index (χ1n) is 3.96. The highest BCUT2D eigenvalue weighted by Gasteiger charge is 2.28. The van der Waals surface area contributed by atoms with Crippen molar-refractivity contribution < 1.29 is 14.6 Å². The second kappa shape index (κ2) is 4.23. The van der Waals surface area contributed by atoms with Gasteiger partial charge >= 0.3 is 6.09 Å². The average molecular weight is 217 g/mol. The quantitative estimate of drug-likeness (QED) is 0.722. The Bertz CT molecular complexity index is 325. The number of azo groups is 1. The summed E-state index contributed by atoms with van der Waals surface area (Å²) in [5.41, 5.74) is -1.08. The van der Waals surface area contributed by atoms with Crippen molar-refractivity contribution >= 4 is 17.7 Å². The van der Waals surface area contributed by atoms with Gasteiger partial charge in [-0.3, -0.25) is 0 Å². The maximum Gasteiger partial charge on any atom is 0.449 e. The second-order valence-electron chi connectivity index (χ2n) is 2.63. The molecule has 1 aliphatic heterocycles. The van der Waals surface area contributed by atoms with Crippen molar-refractivity contribution in [2.45, 2.75) is 19.1 Å². The fourth-order valence-electron chi connectivity index (χ4n) is 0.950. The summed E-state index contributed by atoms with van der Waals surface area (Å²) in [7, 11) is 0. The fraction of sp³-hybridized carbons (Fsp3) is 0.375. The molecule has 0 radical (unpaired) electrons. The topological polar surface area (TPSA) is 71.2 Å². The zero-order chi connectivity index (χ0) is 10.6. The molecule has 1 rings (SSSR count). The van der Waals surface area contributed by atoms with Crippen molar-refractivity contribution in [2.75, 3.05) is 0 Å². The number of hydrogen-bond acceptors (Lipinski definition) is 3. The Hall–Kier alpha value is -1.36. The summed E-state index contributed by atoms with van der Waals surface area (Å²) in [6.07, 6.45) is 3.52. The minimum atomic E-state index is -1.36. The van der Waals surface area contributed by atoms with E-state index in [0.29, 0.717) is 11.5 Å². The molecule has 6 heteroatoms. The molecule has 1 N–H and O–H groups in total. The molecule has 0 spiro atoms. The summed E-state index contributed by atoms with van der Waals surface area (Å²) < 4.78 is 5.17. The first-order chi connectivity index (χ1) is 6.58. The Morgan fingerprint density at radius 2 is 2.50 bits per heavy atom. The number of amides is 1. The van der Waals surface area contributed by atoms with Crippen LogP contribution in [0.2, 0.25) is 0 Å². The third-order valence-electron chi connectivity index (χ3n) is 1.67. The van der Waals surface area contributed by atoms with Gasteiger partial charge in [-0.1, -0.05) is 23.6 Å². The number of rotatable bonds is 2. The van der Waals surface area contributed by atoms with Crippen molar-refractivity contribution in [1.82, 2.24) is 0 Å².